The first kappa shape index (κ1) is 31.2. The number of rotatable bonds is 23. The molecule has 0 heterocycles. The molecular weight excluding hydrogens is 437 g/mol. The van der Waals surface area contributed by atoms with Crippen LogP contribution in [-0.2, 0) is 28.0 Å². The van der Waals surface area contributed by atoms with E-state index in [4.69, 9.17) is 15.7 Å². The Kier molecular flexibility index (Phi) is 21.5. The fourth-order valence-electron chi connectivity index (χ4n) is 3.00. The SMILES string of the molecule is CCCCCCCCCCCCCCC=CC(=O)OC[C@H](COP(=O)(O)OCCN)OO. The highest BCUT2D eigenvalue weighted by molar-refractivity contribution is 7.47. The molecule has 4 N–H and O–H groups in total. The summed E-state index contributed by atoms with van der Waals surface area (Å²) in [6.45, 7) is 1.31. The third-order valence-corrected chi connectivity index (χ3v) is 5.82. The highest BCUT2D eigenvalue weighted by Gasteiger charge is 2.24. The predicted molar refractivity (Wildman–Crippen MR) is 124 cm³/mol. The lowest BCUT2D eigenvalue weighted by molar-refractivity contribution is -0.290. The molecule has 0 rings (SSSR count). The first-order chi connectivity index (χ1) is 15.4. The Hall–Kier alpha value is -0.800. The molecule has 0 aromatic carbocycles. The number of allylic oxidation sites excluding steroid dienone is 1. The number of hydrogen-bond donors (Lipinski definition) is 3. The summed E-state index contributed by atoms with van der Waals surface area (Å²) >= 11 is 0. The maximum absolute atomic E-state index is 11.7. The number of hydrogen-bond acceptors (Lipinski definition) is 8. The van der Waals surface area contributed by atoms with Gasteiger partial charge in [-0.3, -0.25) is 14.3 Å². The van der Waals surface area contributed by atoms with Crippen LogP contribution in [0.15, 0.2) is 12.2 Å². The van der Waals surface area contributed by atoms with Crippen molar-refractivity contribution in [2.45, 2.75) is 96.5 Å². The van der Waals surface area contributed by atoms with Gasteiger partial charge in [-0.25, -0.2) is 14.2 Å². The quantitative estimate of drug-likeness (QED) is 0.0453. The fraction of sp³-hybridized carbons (Fsp3) is 0.864. The summed E-state index contributed by atoms with van der Waals surface area (Å²) in [5.41, 5.74) is 5.17. The summed E-state index contributed by atoms with van der Waals surface area (Å²) in [7, 11) is -4.29. The van der Waals surface area contributed by atoms with E-state index in [0.717, 1.165) is 19.3 Å². The van der Waals surface area contributed by atoms with Crippen LogP contribution in [0.25, 0.3) is 0 Å². The van der Waals surface area contributed by atoms with Crippen molar-refractivity contribution in [2.75, 3.05) is 26.4 Å². The molecule has 0 saturated heterocycles. The van der Waals surface area contributed by atoms with E-state index in [0.29, 0.717) is 0 Å². The number of nitrogens with two attached hydrogens (primary N) is 1. The molecule has 2 atom stereocenters. The van der Waals surface area contributed by atoms with Crippen LogP contribution in [0.2, 0.25) is 0 Å². The molecule has 0 aliphatic heterocycles. The Bertz CT molecular complexity index is 518. The fourth-order valence-corrected chi connectivity index (χ4v) is 3.76. The average Bonchev–Trinajstić information content (AvgIpc) is 2.78. The summed E-state index contributed by atoms with van der Waals surface area (Å²) in [4.78, 5) is 25.1. The van der Waals surface area contributed by atoms with Gasteiger partial charge in [-0.05, 0) is 12.8 Å². The second-order valence-electron chi connectivity index (χ2n) is 7.82. The third kappa shape index (κ3) is 21.1. The molecule has 10 heteroatoms. The maximum atomic E-state index is 11.7. The lowest BCUT2D eigenvalue weighted by atomic mass is 10.0. The minimum absolute atomic E-state index is 0.0526. The Balaban J connectivity index is 3.67. The van der Waals surface area contributed by atoms with Crippen LogP contribution < -0.4 is 5.73 Å². The smallest absolute Gasteiger partial charge is 0.460 e. The third-order valence-electron chi connectivity index (χ3n) is 4.83. The Morgan fingerprint density at radius 3 is 2.03 bits per heavy atom. The zero-order valence-corrected chi connectivity index (χ0v) is 20.5. The second-order valence-corrected chi connectivity index (χ2v) is 9.28. The van der Waals surface area contributed by atoms with E-state index in [9.17, 15) is 14.3 Å². The minimum Gasteiger partial charge on any atom is -0.460 e. The number of phosphoric ester groups is 1. The van der Waals surface area contributed by atoms with Crippen molar-refractivity contribution in [1.29, 1.82) is 0 Å². The summed E-state index contributed by atoms with van der Waals surface area (Å²) < 4.78 is 25.6. The van der Waals surface area contributed by atoms with Gasteiger partial charge in [0.15, 0.2) is 6.10 Å². The van der Waals surface area contributed by atoms with E-state index in [-0.39, 0.29) is 19.8 Å². The first-order valence-electron chi connectivity index (χ1n) is 11.9. The molecule has 0 aromatic heterocycles. The molecule has 0 spiro atoms. The van der Waals surface area contributed by atoms with Crippen molar-refractivity contribution in [2.24, 2.45) is 5.73 Å². The molecule has 0 saturated carbocycles. The number of carbonyl (C=O) groups is 1. The summed E-state index contributed by atoms with van der Waals surface area (Å²) in [6, 6.07) is 0. The van der Waals surface area contributed by atoms with Crippen molar-refractivity contribution < 1.29 is 38.2 Å². The molecule has 0 bridgehead atoms. The zero-order chi connectivity index (χ0) is 23.9. The topological polar surface area (TPSA) is 138 Å². The molecule has 0 aromatic rings. The van der Waals surface area contributed by atoms with Crippen LogP contribution in [0.4, 0.5) is 0 Å². The van der Waals surface area contributed by atoms with E-state index in [2.05, 4.69) is 20.9 Å². The highest BCUT2D eigenvalue weighted by Crippen LogP contribution is 2.42. The van der Waals surface area contributed by atoms with Gasteiger partial charge >= 0.3 is 13.8 Å². The summed E-state index contributed by atoms with van der Waals surface area (Å²) in [5.74, 6) is -0.586. The molecule has 0 amide bonds. The Labute approximate surface area is 193 Å². The van der Waals surface area contributed by atoms with Gasteiger partial charge in [0, 0.05) is 12.6 Å². The van der Waals surface area contributed by atoms with E-state index in [1.54, 1.807) is 6.08 Å². The van der Waals surface area contributed by atoms with Gasteiger partial charge in [0.25, 0.3) is 0 Å². The molecule has 32 heavy (non-hydrogen) atoms. The van der Waals surface area contributed by atoms with Crippen LogP contribution in [-0.4, -0.2) is 48.6 Å². The molecule has 0 fully saturated rings. The van der Waals surface area contributed by atoms with Gasteiger partial charge in [-0.2, -0.15) is 0 Å². The first-order valence-corrected chi connectivity index (χ1v) is 13.4. The largest absolute Gasteiger partial charge is 0.472 e. The van der Waals surface area contributed by atoms with Gasteiger partial charge in [0.05, 0.1) is 13.2 Å². The van der Waals surface area contributed by atoms with Crippen molar-refractivity contribution in [3.05, 3.63) is 12.2 Å². The van der Waals surface area contributed by atoms with Crippen LogP contribution in [0.3, 0.4) is 0 Å². The highest BCUT2D eigenvalue weighted by atomic mass is 31.2. The molecule has 0 aliphatic carbocycles. The summed E-state index contributed by atoms with van der Waals surface area (Å²) in [6.07, 6.45) is 18.2. The maximum Gasteiger partial charge on any atom is 0.472 e. The van der Waals surface area contributed by atoms with Crippen molar-refractivity contribution in [1.82, 2.24) is 0 Å². The van der Waals surface area contributed by atoms with Crippen LogP contribution >= 0.6 is 7.82 Å². The van der Waals surface area contributed by atoms with Gasteiger partial charge in [-0.1, -0.05) is 83.6 Å². The number of unbranched alkanes of at least 4 members (excludes halogenated alkanes) is 12. The van der Waals surface area contributed by atoms with E-state index in [1.807, 2.05) is 0 Å². The molecule has 0 radical (unpaired) electrons. The zero-order valence-electron chi connectivity index (χ0n) is 19.6. The van der Waals surface area contributed by atoms with Crippen molar-refractivity contribution >= 4 is 13.8 Å². The Morgan fingerprint density at radius 2 is 1.50 bits per heavy atom. The number of ether oxygens (including phenoxy) is 1. The molecule has 190 valence electrons. The standard InChI is InChI=1S/C22H44NO8P/c1-2-3-4-5-6-7-8-9-10-11-12-13-14-15-16-22(24)28-19-21(31-25)20-30-32(26,27)29-18-17-23/h15-16,21,25H,2-14,17-20,23H2,1H3,(H,26,27)/t21-/m1/s1. The normalized spacial score (nSPS) is 14.5. The molecule has 0 aliphatic rings. The van der Waals surface area contributed by atoms with Gasteiger partial charge in [0.2, 0.25) is 0 Å². The average molecular weight is 482 g/mol. The minimum atomic E-state index is -4.29. The molecule has 1 unspecified atom stereocenters. The monoisotopic (exact) mass is 481 g/mol. The lowest BCUT2D eigenvalue weighted by Crippen LogP contribution is -2.25. The van der Waals surface area contributed by atoms with E-state index >= 15 is 0 Å². The van der Waals surface area contributed by atoms with Gasteiger partial charge < -0.3 is 15.4 Å². The van der Waals surface area contributed by atoms with E-state index in [1.165, 1.54) is 70.3 Å². The van der Waals surface area contributed by atoms with Crippen molar-refractivity contribution in [3.63, 3.8) is 0 Å². The van der Waals surface area contributed by atoms with Crippen LogP contribution in [0.1, 0.15) is 90.4 Å². The van der Waals surface area contributed by atoms with Gasteiger partial charge in [-0.15, -0.1) is 0 Å². The second kappa shape index (κ2) is 22.0. The van der Waals surface area contributed by atoms with Crippen LogP contribution in [0.5, 0.6) is 0 Å². The number of esters is 1. The van der Waals surface area contributed by atoms with Crippen molar-refractivity contribution in [3.8, 4) is 0 Å². The van der Waals surface area contributed by atoms with Gasteiger partial charge in [0.1, 0.15) is 6.61 Å². The predicted octanol–water partition coefficient (Wildman–Crippen LogP) is 5.13. The van der Waals surface area contributed by atoms with Crippen LogP contribution in [0, 0.1) is 0 Å². The molecular formula is C22H44NO8P. The number of carbonyl (C=O) groups excluding carboxylic acids is 1. The van der Waals surface area contributed by atoms with E-state index < -0.39 is 26.5 Å². The number of phosphoric acid groups is 1. The summed E-state index contributed by atoms with van der Waals surface area (Å²) in [5, 5.41) is 8.80. The lowest BCUT2D eigenvalue weighted by Gasteiger charge is -2.16. The Morgan fingerprint density at radius 1 is 0.938 bits per heavy atom. The molecule has 9 nitrogen and oxygen atoms in total.